The lowest BCUT2D eigenvalue weighted by Gasteiger charge is -2.28. The molecule has 12 nitrogen and oxygen atoms in total. The van der Waals surface area contributed by atoms with E-state index < -0.39 is 47.9 Å². The first-order chi connectivity index (χ1) is 18.3. The van der Waals surface area contributed by atoms with Gasteiger partial charge in [-0.3, -0.25) is 14.4 Å². The van der Waals surface area contributed by atoms with Crippen molar-refractivity contribution >= 4 is 22.7 Å². The van der Waals surface area contributed by atoms with Crippen molar-refractivity contribution in [2.75, 3.05) is 33.7 Å². The Morgan fingerprint density at radius 2 is 1.95 bits per heavy atom. The van der Waals surface area contributed by atoms with Crippen LogP contribution in [0.5, 0.6) is 11.5 Å². The van der Waals surface area contributed by atoms with Crippen molar-refractivity contribution in [2.45, 2.75) is 18.8 Å². The Morgan fingerprint density at radius 3 is 2.66 bits per heavy atom. The molecular weight excluding hydrogens is 510 g/mol. The molecule has 0 saturated carbocycles. The van der Waals surface area contributed by atoms with Gasteiger partial charge >= 0.3 is 0 Å². The molecule has 38 heavy (non-hydrogen) atoms. The zero-order valence-corrected chi connectivity index (χ0v) is 20.1. The van der Waals surface area contributed by atoms with Gasteiger partial charge in [0.1, 0.15) is 24.8 Å². The van der Waals surface area contributed by atoms with Gasteiger partial charge in [-0.2, -0.15) is 0 Å². The summed E-state index contributed by atoms with van der Waals surface area (Å²) in [5.41, 5.74) is -0.244. The van der Waals surface area contributed by atoms with Crippen LogP contribution in [0.3, 0.4) is 0 Å². The fourth-order valence-corrected chi connectivity index (χ4v) is 3.67. The lowest BCUT2D eigenvalue weighted by molar-refractivity contribution is -0.165. The molecule has 2 atom stereocenters. The quantitative estimate of drug-likeness (QED) is 0.284. The molecule has 4 N–H and O–H groups in total. The third kappa shape index (κ3) is 6.04. The van der Waals surface area contributed by atoms with Gasteiger partial charge in [0.15, 0.2) is 35.1 Å². The summed E-state index contributed by atoms with van der Waals surface area (Å²) in [5, 5.41) is 13.3. The number of carbonyl (C=O) groups excluding carboxylic acids is 2. The fourth-order valence-electron chi connectivity index (χ4n) is 3.67. The van der Waals surface area contributed by atoms with Crippen LogP contribution in [0.25, 0.3) is 10.9 Å². The van der Waals surface area contributed by atoms with Crippen molar-refractivity contribution in [1.29, 1.82) is 0 Å². The van der Waals surface area contributed by atoms with E-state index in [9.17, 15) is 23.2 Å². The predicted molar refractivity (Wildman–Crippen MR) is 127 cm³/mol. The maximum Gasteiger partial charge on any atom is 0.287 e. The topological polar surface area (TPSA) is 161 Å². The van der Waals surface area contributed by atoms with Crippen molar-refractivity contribution in [1.82, 2.24) is 20.6 Å². The second kappa shape index (κ2) is 11.9. The normalized spacial score (nSPS) is 17.2. The number of fused-ring (bicyclic) bond motifs is 1. The van der Waals surface area contributed by atoms with Crippen molar-refractivity contribution in [3.05, 3.63) is 63.7 Å². The third-order valence-electron chi connectivity index (χ3n) is 5.59. The molecule has 202 valence electrons. The summed E-state index contributed by atoms with van der Waals surface area (Å²) < 4.78 is 49.5. The highest BCUT2D eigenvalue weighted by molar-refractivity contribution is 5.93. The second-order valence-electron chi connectivity index (χ2n) is 8.12. The molecule has 0 radical (unpaired) electrons. The number of methoxy groups -OCH3 is 1. The van der Waals surface area contributed by atoms with E-state index in [0.717, 1.165) is 6.07 Å². The SMILES string of the molecule is COc1cc(CNC(=O)c2nc3ccc(F)c(OCC4COC(C(=O)NCO)CO4)c3c(=O)[nH]2)ccc1F. The van der Waals surface area contributed by atoms with E-state index >= 15 is 0 Å². The van der Waals surface area contributed by atoms with Gasteiger partial charge in [0.2, 0.25) is 0 Å². The van der Waals surface area contributed by atoms with Crippen LogP contribution in [0, 0.1) is 11.6 Å². The summed E-state index contributed by atoms with van der Waals surface area (Å²) >= 11 is 0. The first-order valence-electron chi connectivity index (χ1n) is 11.4. The van der Waals surface area contributed by atoms with E-state index in [-0.39, 0.29) is 54.6 Å². The van der Waals surface area contributed by atoms with E-state index in [4.69, 9.17) is 24.1 Å². The highest BCUT2D eigenvalue weighted by Crippen LogP contribution is 2.26. The van der Waals surface area contributed by atoms with Gasteiger partial charge in [0.05, 0.1) is 25.8 Å². The Bertz CT molecular complexity index is 1390. The molecule has 2 heterocycles. The lowest BCUT2D eigenvalue weighted by atomic mass is 10.2. The number of hydrogen-bond acceptors (Lipinski definition) is 9. The minimum absolute atomic E-state index is 0.000968. The molecule has 1 fully saturated rings. The number of H-pyrrole nitrogens is 1. The summed E-state index contributed by atoms with van der Waals surface area (Å²) in [6.45, 7) is -0.896. The maximum atomic E-state index is 14.6. The first-order valence-corrected chi connectivity index (χ1v) is 11.4. The minimum Gasteiger partial charge on any atom is -0.494 e. The van der Waals surface area contributed by atoms with Crippen LogP contribution in [0.2, 0.25) is 0 Å². The van der Waals surface area contributed by atoms with Crippen LogP contribution in [0.4, 0.5) is 8.78 Å². The van der Waals surface area contributed by atoms with Gasteiger partial charge in [0, 0.05) is 6.54 Å². The van der Waals surface area contributed by atoms with E-state index in [1.54, 1.807) is 0 Å². The summed E-state index contributed by atoms with van der Waals surface area (Å²) in [7, 11) is 1.32. The number of nitrogens with zero attached hydrogens (tertiary/aromatic N) is 1. The van der Waals surface area contributed by atoms with Crippen LogP contribution in [0.1, 0.15) is 16.2 Å². The average molecular weight is 534 g/mol. The maximum absolute atomic E-state index is 14.6. The summed E-state index contributed by atoms with van der Waals surface area (Å²) in [5.74, 6) is -3.32. The summed E-state index contributed by atoms with van der Waals surface area (Å²) in [6.07, 6.45) is -1.57. The molecule has 2 amide bonds. The zero-order chi connectivity index (χ0) is 27.2. The Kier molecular flexibility index (Phi) is 8.45. The predicted octanol–water partition coefficient (Wildman–Crippen LogP) is 0.369. The number of halogens is 2. The number of hydrogen-bond donors (Lipinski definition) is 4. The van der Waals surface area contributed by atoms with Crippen LogP contribution >= 0.6 is 0 Å². The van der Waals surface area contributed by atoms with Crippen molar-refractivity contribution in [2.24, 2.45) is 0 Å². The van der Waals surface area contributed by atoms with Crippen LogP contribution in [0.15, 0.2) is 35.1 Å². The monoisotopic (exact) mass is 534 g/mol. The van der Waals surface area contributed by atoms with Crippen LogP contribution < -0.4 is 25.7 Å². The van der Waals surface area contributed by atoms with Gasteiger partial charge in [0.25, 0.3) is 17.4 Å². The minimum atomic E-state index is -0.908. The molecule has 2 aromatic carbocycles. The fraction of sp³-hybridized carbons (Fsp3) is 0.333. The number of ether oxygens (including phenoxy) is 4. The molecule has 0 bridgehead atoms. The number of aliphatic hydroxyl groups is 1. The highest BCUT2D eigenvalue weighted by atomic mass is 19.1. The van der Waals surface area contributed by atoms with Crippen molar-refractivity contribution < 1.29 is 42.4 Å². The molecule has 4 rings (SSSR count). The number of rotatable bonds is 9. The highest BCUT2D eigenvalue weighted by Gasteiger charge is 2.28. The van der Waals surface area contributed by atoms with Gasteiger partial charge in [-0.15, -0.1) is 0 Å². The number of amides is 2. The van der Waals surface area contributed by atoms with Crippen molar-refractivity contribution in [3.63, 3.8) is 0 Å². The molecule has 3 aromatic rings. The summed E-state index contributed by atoms with van der Waals surface area (Å²) in [4.78, 5) is 43.5. The third-order valence-corrected chi connectivity index (χ3v) is 5.59. The molecule has 2 unspecified atom stereocenters. The van der Waals surface area contributed by atoms with Gasteiger partial charge in [-0.1, -0.05) is 6.07 Å². The van der Waals surface area contributed by atoms with Crippen LogP contribution in [-0.4, -0.2) is 72.8 Å². The van der Waals surface area contributed by atoms with E-state index in [1.165, 1.54) is 31.4 Å². The molecular formula is C24H24F2N4O8. The molecule has 0 aliphatic carbocycles. The average Bonchev–Trinajstić information content (AvgIpc) is 2.92. The van der Waals surface area contributed by atoms with E-state index in [0.29, 0.717) is 5.56 Å². The molecule has 1 saturated heterocycles. The molecule has 14 heteroatoms. The second-order valence-corrected chi connectivity index (χ2v) is 8.12. The lowest BCUT2D eigenvalue weighted by Crippen LogP contribution is -2.47. The first kappa shape index (κ1) is 26.9. The van der Waals surface area contributed by atoms with Gasteiger partial charge in [-0.05, 0) is 29.8 Å². The zero-order valence-electron chi connectivity index (χ0n) is 20.1. The van der Waals surface area contributed by atoms with Crippen molar-refractivity contribution in [3.8, 4) is 11.5 Å². The van der Waals surface area contributed by atoms with Gasteiger partial charge < -0.3 is 39.7 Å². The number of aliphatic hydroxyl groups excluding tert-OH is 1. The standard InChI is InChI=1S/C24H24F2N4O8/c1-35-17-6-12(2-3-14(17)25)7-27-24(34)21-29-16-5-4-15(26)20(19(16)23(33)30-21)38-9-13-8-37-18(10-36-13)22(32)28-11-31/h2-6,13,18,31H,7-11H2,1H3,(H,27,34)(H,28,32)(H,29,30,33). The Labute approximate surface area is 213 Å². The van der Waals surface area contributed by atoms with Crippen LogP contribution in [-0.2, 0) is 20.8 Å². The largest absolute Gasteiger partial charge is 0.494 e. The van der Waals surface area contributed by atoms with E-state index in [1.807, 2.05) is 0 Å². The number of aromatic amines is 1. The Balaban J connectivity index is 1.44. The Hall–Kier alpha value is -4.14. The number of aromatic nitrogens is 2. The van der Waals surface area contributed by atoms with Gasteiger partial charge in [-0.25, -0.2) is 13.8 Å². The number of carbonyl (C=O) groups is 2. The smallest absolute Gasteiger partial charge is 0.287 e. The molecule has 1 aliphatic heterocycles. The number of nitrogens with one attached hydrogen (secondary N) is 3. The molecule has 0 spiro atoms. The van der Waals surface area contributed by atoms with E-state index in [2.05, 4.69) is 20.6 Å². The summed E-state index contributed by atoms with van der Waals surface area (Å²) in [6, 6.07) is 6.36. The molecule has 1 aromatic heterocycles. The molecule has 1 aliphatic rings. The Morgan fingerprint density at radius 1 is 1.16 bits per heavy atom. The number of benzene rings is 2.